The van der Waals surface area contributed by atoms with E-state index in [2.05, 4.69) is 17.0 Å². The Labute approximate surface area is 128 Å². The van der Waals surface area contributed by atoms with Gasteiger partial charge in [-0.3, -0.25) is 9.48 Å². The first-order chi connectivity index (χ1) is 10.3. The number of thiazole rings is 1. The first-order valence-corrected chi connectivity index (χ1v) is 8.38. The lowest BCUT2D eigenvalue weighted by Gasteiger charge is -2.31. The van der Waals surface area contributed by atoms with Crippen molar-refractivity contribution < 1.29 is 4.79 Å². The molecule has 5 nitrogen and oxygen atoms in total. The lowest BCUT2D eigenvalue weighted by atomic mass is 9.98. The van der Waals surface area contributed by atoms with Crippen molar-refractivity contribution in [1.29, 1.82) is 0 Å². The van der Waals surface area contributed by atoms with Gasteiger partial charge in [-0.15, -0.1) is 11.3 Å². The molecule has 112 valence electrons. The van der Waals surface area contributed by atoms with Gasteiger partial charge in [0.2, 0.25) is 0 Å². The molecule has 1 fully saturated rings. The molecule has 2 aromatic rings. The molecule has 1 amide bonds. The maximum absolute atomic E-state index is 12.6. The van der Waals surface area contributed by atoms with E-state index in [4.69, 9.17) is 0 Å². The van der Waals surface area contributed by atoms with Gasteiger partial charge in [-0.25, -0.2) is 4.98 Å². The summed E-state index contributed by atoms with van der Waals surface area (Å²) >= 11 is 1.68. The summed E-state index contributed by atoms with van der Waals surface area (Å²) in [5, 5.41) is 7.52. The Hall–Kier alpha value is -1.69. The lowest BCUT2D eigenvalue weighted by molar-refractivity contribution is 0.0700. The Morgan fingerprint density at radius 1 is 1.52 bits per heavy atom. The van der Waals surface area contributed by atoms with Crippen LogP contribution in [0.1, 0.15) is 47.6 Å². The van der Waals surface area contributed by atoms with Gasteiger partial charge in [0.15, 0.2) is 0 Å². The second kappa shape index (κ2) is 6.39. The summed E-state index contributed by atoms with van der Waals surface area (Å²) in [6.07, 6.45) is 6.89. The molecule has 1 saturated heterocycles. The van der Waals surface area contributed by atoms with Gasteiger partial charge < -0.3 is 4.90 Å². The van der Waals surface area contributed by atoms with Crippen molar-refractivity contribution in [3.05, 3.63) is 34.5 Å². The summed E-state index contributed by atoms with van der Waals surface area (Å²) < 4.78 is 1.84. The van der Waals surface area contributed by atoms with Crippen LogP contribution in [0.3, 0.4) is 0 Å². The number of nitrogens with zero attached hydrogens (tertiary/aromatic N) is 4. The van der Waals surface area contributed by atoms with E-state index in [1.807, 2.05) is 33.4 Å². The Morgan fingerprint density at radius 3 is 3.19 bits per heavy atom. The third-order valence-corrected chi connectivity index (χ3v) is 4.76. The average molecular weight is 304 g/mol. The minimum atomic E-state index is 0.0473. The number of aromatic nitrogens is 3. The fraction of sp³-hybridized carbons (Fsp3) is 0.533. The van der Waals surface area contributed by atoms with Crippen LogP contribution in [0.25, 0.3) is 0 Å². The largest absolute Gasteiger partial charge is 0.337 e. The van der Waals surface area contributed by atoms with Crippen molar-refractivity contribution in [2.75, 3.05) is 13.1 Å². The quantitative estimate of drug-likeness (QED) is 0.872. The highest BCUT2D eigenvalue weighted by molar-refractivity contribution is 7.09. The Balaban J connectivity index is 1.68. The number of piperidine rings is 1. The Morgan fingerprint density at radius 2 is 2.43 bits per heavy atom. The standard InChI is InChI=1S/C15H20N4OS/c1-2-7-19-9-5-13(17-19)15(20)18-8-3-4-12(11-18)14-16-6-10-21-14/h5-6,9-10,12H,2-4,7-8,11H2,1H3/t12-/m0/s1. The molecule has 0 radical (unpaired) electrons. The minimum Gasteiger partial charge on any atom is -0.337 e. The number of aryl methyl sites for hydroxylation is 1. The van der Waals surface area contributed by atoms with Crippen molar-refractivity contribution in [3.63, 3.8) is 0 Å². The third-order valence-electron chi connectivity index (χ3n) is 3.82. The molecule has 1 aliphatic heterocycles. The molecule has 6 heteroatoms. The second-order valence-corrected chi connectivity index (χ2v) is 6.35. The lowest BCUT2D eigenvalue weighted by Crippen LogP contribution is -2.39. The molecule has 3 heterocycles. The topological polar surface area (TPSA) is 51.0 Å². The van der Waals surface area contributed by atoms with E-state index in [1.54, 1.807) is 11.3 Å². The van der Waals surface area contributed by atoms with Crippen LogP contribution in [0.5, 0.6) is 0 Å². The zero-order valence-electron chi connectivity index (χ0n) is 12.2. The number of carbonyl (C=O) groups is 1. The van der Waals surface area contributed by atoms with Crippen molar-refractivity contribution in [1.82, 2.24) is 19.7 Å². The number of likely N-dealkylation sites (tertiary alicyclic amines) is 1. The first kappa shape index (κ1) is 14.3. The number of amides is 1. The van der Waals surface area contributed by atoms with E-state index >= 15 is 0 Å². The highest BCUT2D eigenvalue weighted by Crippen LogP contribution is 2.28. The van der Waals surface area contributed by atoms with E-state index < -0.39 is 0 Å². The molecule has 0 spiro atoms. The van der Waals surface area contributed by atoms with Gasteiger partial charge in [0.05, 0.1) is 5.01 Å². The summed E-state index contributed by atoms with van der Waals surface area (Å²) in [6.45, 7) is 4.54. The van der Waals surface area contributed by atoms with Crippen LogP contribution >= 0.6 is 11.3 Å². The molecular formula is C15H20N4OS. The predicted octanol–water partition coefficient (Wildman–Crippen LogP) is 2.77. The number of hydrogen-bond donors (Lipinski definition) is 0. The van der Waals surface area contributed by atoms with Crippen LogP contribution in [0.2, 0.25) is 0 Å². The third kappa shape index (κ3) is 3.15. The highest BCUT2D eigenvalue weighted by Gasteiger charge is 2.27. The maximum atomic E-state index is 12.6. The summed E-state index contributed by atoms with van der Waals surface area (Å²) in [5.41, 5.74) is 0.559. The molecule has 2 aromatic heterocycles. The van der Waals surface area contributed by atoms with Gasteiger partial charge >= 0.3 is 0 Å². The molecule has 1 atom stereocenters. The van der Waals surface area contributed by atoms with Crippen LogP contribution in [0, 0.1) is 0 Å². The van der Waals surface area contributed by atoms with E-state index in [0.717, 1.165) is 43.9 Å². The monoisotopic (exact) mass is 304 g/mol. The summed E-state index contributed by atoms with van der Waals surface area (Å²) in [5.74, 6) is 0.423. The average Bonchev–Trinajstić information content (AvgIpc) is 3.18. The highest BCUT2D eigenvalue weighted by atomic mass is 32.1. The fourth-order valence-corrected chi connectivity index (χ4v) is 3.56. The Bertz CT molecular complexity index is 593. The van der Waals surface area contributed by atoms with Gasteiger partial charge in [-0.2, -0.15) is 5.10 Å². The van der Waals surface area contributed by atoms with Crippen molar-refractivity contribution in [2.24, 2.45) is 0 Å². The number of hydrogen-bond acceptors (Lipinski definition) is 4. The van der Waals surface area contributed by atoms with E-state index in [9.17, 15) is 4.79 Å². The molecular weight excluding hydrogens is 284 g/mol. The van der Waals surface area contributed by atoms with Gasteiger partial charge in [0.1, 0.15) is 5.69 Å². The summed E-state index contributed by atoms with van der Waals surface area (Å²) in [6, 6.07) is 1.82. The summed E-state index contributed by atoms with van der Waals surface area (Å²) in [4.78, 5) is 18.9. The maximum Gasteiger partial charge on any atom is 0.274 e. The van der Waals surface area contributed by atoms with Gasteiger partial charge in [-0.1, -0.05) is 6.92 Å². The van der Waals surface area contributed by atoms with Crippen molar-refractivity contribution in [3.8, 4) is 0 Å². The predicted molar refractivity (Wildman–Crippen MR) is 82.5 cm³/mol. The smallest absolute Gasteiger partial charge is 0.274 e. The van der Waals surface area contributed by atoms with E-state index in [0.29, 0.717) is 11.6 Å². The first-order valence-electron chi connectivity index (χ1n) is 7.50. The molecule has 0 aliphatic carbocycles. The Kier molecular flexibility index (Phi) is 4.34. The van der Waals surface area contributed by atoms with Crippen LogP contribution < -0.4 is 0 Å². The van der Waals surface area contributed by atoms with Crippen LogP contribution in [0.15, 0.2) is 23.8 Å². The molecule has 0 aromatic carbocycles. The van der Waals surface area contributed by atoms with Crippen LogP contribution in [0.4, 0.5) is 0 Å². The minimum absolute atomic E-state index is 0.0473. The number of rotatable bonds is 4. The molecule has 0 saturated carbocycles. The van der Waals surface area contributed by atoms with E-state index in [-0.39, 0.29) is 5.91 Å². The van der Waals surface area contributed by atoms with Crippen LogP contribution in [-0.2, 0) is 6.54 Å². The van der Waals surface area contributed by atoms with E-state index in [1.165, 1.54) is 0 Å². The molecule has 21 heavy (non-hydrogen) atoms. The normalized spacial score (nSPS) is 18.9. The van der Waals surface area contributed by atoms with Gasteiger partial charge in [0, 0.05) is 43.3 Å². The molecule has 3 rings (SSSR count). The molecule has 0 unspecified atom stereocenters. The molecule has 0 N–H and O–H groups in total. The zero-order chi connectivity index (χ0) is 14.7. The second-order valence-electron chi connectivity index (χ2n) is 5.42. The molecule has 0 bridgehead atoms. The number of carbonyl (C=O) groups excluding carboxylic acids is 1. The van der Waals surface area contributed by atoms with Gasteiger partial charge in [-0.05, 0) is 25.3 Å². The van der Waals surface area contributed by atoms with Crippen molar-refractivity contribution in [2.45, 2.75) is 38.6 Å². The van der Waals surface area contributed by atoms with Gasteiger partial charge in [0.25, 0.3) is 5.91 Å². The molecule has 1 aliphatic rings. The SMILES string of the molecule is CCCn1ccc(C(=O)N2CCC[C@H](c3nccs3)C2)n1. The summed E-state index contributed by atoms with van der Waals surface area (Å²) in [7, 11) is 0. The fourth-order valence-electron chi connectivity index (χ4n) is 2.79. The van der Waals surface area contributed by atoms with Crippen LogP contribution in [-0.4, -0.2) is 38.7 Å². The zero-order valence-corrected chi connectivity index (χ0v) is 13.1. The van der Waals surface area contributed by atoms with Crippen molar-refractivity contribution >= 4 is 17.2 Å².